The Hall–Kier alpha value is -2.78. The predicted octanol–water partition coefficient (Wildman–Crippen LogP) is 2.64. The molecule has 0 aliphatic carbocycles. The third kappa shape index (κ3) is 6.80. The van der Waals surface area contributed by atoms with Crippen molar-refractivity contribution in [3.63, 3.8) is 0 Å². The molecule has 148 valence electrons. The van der Waals surface area contributed by atoms with Gasteiger partial charge in [-0.05, 0) is 31.1 Å². The number of hydrogen-bond acceptors (Lipinski definition) is 4. The first-order valence-electron chi connectivity index (χ1n) is 8.12. The number of ether oxygens (including phenoxy) is 2. The van der Waals surface area contributed by atoms with E-state index in [1.54, 1.807) is 4.90 Å². The normalized spacial score (nSPS) is 14.2. The summed E-state index contributed by atoms with van der Waals surface area (Å²) in [7, 11) is 0. The van der Waals surface area contributed by atoms with Gasteiger partial charge in [-0.25, -0.2) is 0 Å². The van der Waals surface area contributed by atoms with Crippen LogP contribution in [-0.4, -0.2) is 49.6 Å². The number of nitrogens with one attached hydrogen (secondary N) is 1. The zero-order chi connectivity index (χ0) is 19.8. The average Bonchev–Trinajstić information content (AvgIpc) is 3.12. The van der Waals surface area contributed by atoms with Gasteiger partial charge < -0.3 is 19.7 Å². The molecule has 1 heterocycles. The third-order valence-electron chi connectivity index (χ3n) is 3.71. The molecule has 2 amide bonds. The van der Waals surface area contributed by atoms with Gasteiger partial charge in [0.15, 0.2) is 0 Å². The van der Waals surface area contributed by atoms with Crippen LogP contribution in [0.5, 0.6) is 11.5 Å². The van der Waals surface area contributed by atoms with Gasteiger partial charge in [0.05, 0.1) is 6.54 Å². The quantitative estimate of drug-likeness (QED) is 0.548. The molecule has 1 saturated heterocycles. The van der Waals surface area contributed by atoms with E-state index in [1.807, 2.05) is 0 Å². The maximum atomic E-state index is 12.5. The van der Waals surface area contributed by atoms with Gasteiger partial charge in [-0.15, -0.1) is 0 Å². The summed E-state index contributed by atoms with van der Waals surface area (Å²) >= 11 is 0. The van der Waals surface area contributed by atoms with E-state index >= 15 is 0 Å². The van der Waals surface area contributed by atoms with Crippen LogP contribution in [0.15, 0.2) is 24.3 Å². The van der Waals surface area contributed by atoms with Crippen LogP contribution in [0, 0.1) is 0 Å². The van der Waals surface area contributed by atoms with Crippen molar-refractivity contribution in [1.82, 2.24) is 10.2 Å². The minimum atomic E-state index is -3.19. The molecule has 0 unspecified atom stereocenters. The molecule has 1 aliphatic rings. The van der Waals surface area contributed by atoms with Crippen LogP contribution in [0.2, 0.25) is 0 Å². The monoisotopic (exact) mass is 390 g/mol. The van der Waals surface area contributed by atoms with Crippen molar-refractivity contribution >= 4 is 17.9 Å². The van der Waals surface area contributed by atoms with Crippen molar-refractivity contribution in [3.05, 3.63) is 29.8 Å². The molecule has 1 fully saturated rings. The van der Waals surface area contributed by atoms with E-state index in [9.17, 15) is 27.2 Å². The number of likely N-dealkylation sites (tertiary alicyclic amines) is 1. The van der Waals surface area contributed by atoms with E-state index in [1.165, 1.54) is 12.1 Å². The van der Waals surface area contributed by atoms with Gasteiger partial charge in [-0.3, -0.25) is 9.59 Å². The lowest BCUT2D eigenvalue weighted by Crippen LogP contribution is -2.38. The average molecular weight is 390 g/mol. The Morgan fingerprint density at radius 1 is 1.11 bits per heavy atom. The summed E-state index contributed by atoms with van der Waals surface area (Å²) in [6.07, 6.45) is 4.05. The molecule has 0 bridgehead atoms. The first-order chi connectivity index (χ1) is 12.8. The van der Waals surface area contributed by atoms with Crippen LogP contribution >= 0.6 is 0 Å². The smallest absolute Gasteiger partial charge is 0.387 e. The summed E-state index contributed by atoms with van der Waals surface area (Å²) in [5, 5.41) is 2.40. The number of carbonyl (C=O) groups is 2. The van der Waals surface area contributed by atoms with E-state index < -0.39 is 24.9 Å². The van der Waals surface area contributed by atoms with Gasteiger partial charge in [0.25, 0.3) is 0 Å². The Morgan fingerprint density at radius 2 is 1.78 bits per heavy atom. The largest absolute Gasteiger partial charge is 0.435 e. The number of benzene rings is 1. The molecule has 27 heavy (non-hydrogen) atoms. The molecule has 0 radical (unpaired) electrons. The van der Waals surface area contributed by atoms with Gasteiger partial charge in [-0.1, -0.05) is 0 Å². The number of amides is 2. The highest BCUT2D eigenvalue weighted by molar-refractivity contribution is 5.94. The number of halogens is 4. The van der Waals surface area contributed by atoms with Crippen LogP contribution in [0.3, 0.4) is 0 Å². The molecule has 0 spiro atoms. The van der Waals surface area contributed by atoms with Crippen molar-refractivity contribution in [3.8, 4) is 11.5 Å². The first-order valence-corrected chi connectivity index (χ1v) is 8.12. The van der Waals surface area contributed by atoms with Crippen LogP contribution in [0.25, 0.3) is 6.08 Å². The molecule has 6 nitrogen and oxygen atoms in total. The number of carbonyl (C=O) groups excluding carboxylic acids is 2. The Morgan fingerprint density at radius 3 is 2.41 bits per heavy atom. The predicted molar refractivity (Wildman–Crippen MR) is 87.6 cm³/mol. The number of nitrogens with zero attached hydrogens (tertiary/aromatic N) is 1. The van der Waals surface area contributed by atoms with Crippen molar-refractivity contribution in [2.24, 2.45) is 0 Å². The number of hydrogen-bond donors (Lipinski definition) is 1. The molecule has 0 aromatic heterocycles. The van der Waals surface area contributed by atoms with Gasteiger partial charge in [-0.2, -0.15) is 17.6 Å². The van der Waals surface area contributed by atoms with E-state index in [4.69, 9.17) is 0 Å². The Labute approximate surface area is 152 Å². The zero-order valence-electron chi connectivity index (χ0n) is 14.2. The molecular formula is C17H18F4N2O4. The number of rotatable bonds is 8. The second-order valence-electron chi connectivity index (χ2n) is 5.60. The standard InChI is InChI=1S/C17H18F4N2O4/c18-16(19)26-12-5-3-11(13(9-12)27-17(20)21)4-6-14(24)22-10-15(25)23-7-1-2-8-23/h3-6,9,16-17H,1-2,7-8,10H2,(H,22,24)/b6-4+. The molecule has 0 atom stereocenters. The van der Waals surface area contributed by atoms with E-state index in [2.05, 4.69) is 14.8 Å². The first kappa shape index (κ1) is 20.5. The Bertz CT molecular complexity index is 692. The topological polar surface area (TPSA) is 67.9 Å². The summed E-state index contributed by atoms with van der Waals surface area (Å²) in [5.41, 5.74) is 0.0536. The van der Waals surface area contributed by atoms with Crippen molar-refractivity contribution in [2.45, 2.75) is 26.1 Å². The Balaban J connectivity index is 1.98. The maximum absolute atomic E-state index is 12.5. The van der Waals surface area contributed by atoms with Gasteiger partial charge in [0.1, 0.15) is 11.5 Å². The lowest BCUT2D eigenvalue weighted by molar-refractivity contribution is -0.131. The number of alkyl halides is 4. The van der Waals surface area contributed by atoms with Crippen LogP contribution in [-0.2, 0) is 9.59 Å². The lowest BCUT2D eigenvalue weighted by atomic mass is 10.1. The van der Waals surface area contributed by atoms with E-state index in [0.29, 0.717) is 13.1 Å². The van der Waals surface area contributed by atoms with Crippen molar-refractivity contribution in [1.29, 1.82) is 0 Å². The second kappa shape index (κ2) is 9.79. The summed E-state index contributed by atoms with van der Waals surface area (Å²) in [6, 6.07) is 3.18. The zero-order valence-corrected chi connectivity index (χ0v) is 14.2. The molecule has 1 aromatic carbocycles. The van der Waals surface area contributed by atoms with E-state index in [-0.39, 0.29) is 23.8 Å². The maximum Gasteiger partial charge on any atom is 0.387 e. The van der Waals surface area contributed by atoms with Crippen molar-refractivity contribution < 1.29 is 36.6 Å². The van der Waals surface area contributed by atoms with Crippen LogP contribution in [0.4, 0.5) is 17.6 Å². The molecule has 1 aromatic rings. The third-order valence-corrected chi connectivity index (χ3v) is 3.71. The highest BCUT2D eigenvalue weighted by Crippen LogP contribution is 2.28. The molecule has 1 N–H and O–H groups in total. The Kier molecular flexibility index (Phi) is 7.44. The molecular weight excluding hydrogens is 372 g/mol. The van der Waals surface area contributed by atoms with Crippen molar-refractivity contribution in [2.75, 3.05) is 19.6 Å². The summed E-state index contributed by atoms with van der Waals surface area (Å²) in [5.74, 6) is -1.61. The fraction of sp³-hybridized carbons (Fsp3) is 0.412. The minimum absolute atomic E-state index is 0.0536. The summed E-state index contributed by atoms with van der Waals surface area (Å²) < 4.78 is 57.8. The highest BCUT2D eigenvalue weighted by Gasteiger charge is 2.18. The molecule has 10 heteroatoms. The van der Waals surface area contributed by atoms with Gasteiger partial charge in [0, 0.05) is 30.8 Å². The molecule has 0 saturated carbocycles. The fourth-order valence-electron chi connectivity index (χ4n) is 2.49. The summed E-state index contributed by atoms with van der Waals surface area (Å²) in [6.45, 7) is -5.17. The SMILES string of the molecule is O=C(/C=C/c1ccc(OC(F)F)cc1OC(F)F)NCC(=O)N1CCCC1. The van der Waals surface area contributed by atoms with Gasteiger partial charge >= 0.3 is 13.2 Å². The minimum Gasteiger partial charge on any atom is -0.435 e. The van der Waals surface area contributed by atoms with Crippen LogP contribution < -0.4 is 14.8 Å². The summed E-state index contributed by atoms with van der Waals surface area (Å²) in [4.78, 5) is 25.3. The molecule has 1 aliphatic heterocycles. The fourth-order valence-corrected chi connectivity index (χ4v) is 2.49. The molecule has 2 rings (SSSR count). The van der Waals surface area contributed by atoms with E-state index in [0.717, 1.165) is 31.1 Å². The van der Waals surface area contributed by atoms with Crippen LogP contribution in [0.1, 0.15) is 18.4 Å². The van der Waals surface area contributed by atoms with Gasteiger partial charge in [0.2, 0.25) is 11.8 Å². The highest BCUT2D eigenvalue weighted by atomic mass is 19.3. The lowest BCUT2D eigenvalue weighted by Gasteiger charge is -2.14. The second-order valence-corrected chi connectivity index (χ2v) is 5.60.